The van der Waals surface area contributed by atoms with E-state index in [-0.39, 0.29) is 5.41 Å². The fourth-order valence-electron chi connectivity index (χ4n) is 2.96. The van der Waals surface area contributed by atoms with Crippen LogP contribution in [0.3, 0.4) is 0 Å². The van der Waals surface area contributed by atoms with Gasteiger partial charge >= 0.3 is 0 Å². The second-order valence-corrected chi connectivity index (χ2v) is 5.97. The SMILES string of the molecule is COc1ccc(CN2CCC(C)(CN)C2)c(OC)c1OC. The third-order valence-corrected chi connectivity index (χ3v) is 4.31. The summed E-state index contributed by atoms with van der Waals surface area (Å²) in [4.78, 5) is 2.41. The van der Waals surface area contributed by atoms with Crippen LogP contribution in [0.2, 0.25) is 0 Å². The van der Waals surface area contributed by atoms with Crippen molar-refractivity contribution in [1.29, 1.82) is 0 Å². The molecule has 0 saturated carbocycles. The molecule has 1 unspecified atom stereocenters. The molecule has 5 heteroatoms. The third kappa shape index (κ3) is 3.24. The van der Waals surface area contributed by atoms with E-state index < -0.39 is 0 Å². The zero-order valence-corrected chi connectivity index (χ0v) is 13.4. The first-order valence-electron chi connectivity index (χ1n) is 7.27. The first-order chi connectivity index (χ1) is 10.1. The lowest BCUT2D eigenvalue weighted by Gasteiger charge is -2.23. The molecule has 0 amide bonds. The first kappa shape index (κ1) is 15.9. The summed E-state index contributed by atoms with van der Waals surface area (Å²) in [5, 5.41) is 0. The highest BCUT2D eigenvalue weighted by Crippen LogP contribution is 2.41. The monoisotopic (exact) mass is 294 g/mol. The van der Waals surface area contributed by atoms with Crippen molar-refractivity contribution in [1.82, 2.24) is 4.90 Å². The summed E-state index contributed by atoms with van der Waals surface area (Å²) in [7, 11) is 4.92. The Hall–Kier alpha value is -1.46. The van der Waals surface area contributed by atoms with Gasteiger partial charge in [0, 0.05) is 18.7 Å². The number of nitrogens with two attached hydrogens (primary N) is 1. The van der Waals surface area contributed by atoms with Crippen LogP contribution in [0.1, 0.15) is 18.9 Å². The summed E-state index contributed by atoms with van der Waals surface area (Å²) in [5.74, 6) is 2.09. The zero-order valence-electron chi connectivity index (χ0n) is 13.4. The Bertz CT molecular complexity index is 493. The van der Waals surface area contributed by atoms with Crippen molar-refractivity contribution < 1.29 is 14.2 Å². The van der Waals surface area contributed by atoms with Gasteiger partial charge in [-0.15, -0.1) is 0 Å². The fourth-order valence-corrected chi connectivity index (χ4v) is 2.96. The number of ether oxygens (including phenoxy) is 3. The third-order valence-electron chi connectivity index (χ3n) is 4.31. The summed E-state index contributed by atoms with van der Waals surface area (Å²) < 4.78 is 16.3. The lowest BCUT2D eigenvalue weighted by Crippen LogP contribution is -2.31. The van der Waals surface area contributed by atoms with Gasteiger partial charge in [0.05, 0.1) is 21.3 Å². The molecule has 1 aliphatic heterocycles. The highest BCUT2D eigenvalue weighted by molar-refractivity contribution is 5.55. The maximum atomic E-state index is 5.88. The highest BCUT2D eigenvalue weighted by atomic mass is 16.5. The minimum atomic E-state index is 0.226. The second kappa shape index (κ2) is 6.54. The largest absolute Gasteiger partial charge is 0.493 e. The molecule has 0 bridgehead atoms. The number of benzene rings is 1. The van der Waals surface area contributed by atoms with E-state index in [2.05, 4.69) is 11.8 Å². The second-order valence-electron chi connectivity index (χ2n) is 5.97. The summed E-state index contributed by atoms with van der Waals surface area (Å²) in [6.45, 7) is 5.89. The number of methoxy groups -OCH3 is 3. The van der Waals surface area contributed by atoms with Crippen molar-refractivity contribution in [2.24, 2.45) is 11.1 Å². The molecule has 2 rings (SSSR count). The smallest absolute Gasteiger partial charge is 0.203 e. The molecule has 5 nitrogen and oxygen atoms in total. The maximum Gasteiger partial charge on any atom is 0.203 e. The van der Waals surface area contributed by atoms with Crippen LogP contribution in [0.4, 0.5) is 0 Å². The number of rotatable bonds is 6. The van der Waals surface area contributed by atoms with Crippen molar-refractivity contribution in [3.8, 4) is 17.2 Å². The van der Waals surface area contributed by atoms with Crippen molar-refractivity contribution in [2.75, 3.05) is 41.0 Å². The summed E-state index contributed by atoms with van der Waals surface area (Å²) >= 11 is 0. The molecule has 0 aromatic heterocycles. The molecular formula is C16H26N2O3. The summed E-state index contributed by atoms with van der Waals surface area (Å²) in [5.41, 5.74) is 7.21. The number of likely N-dealkylation sites (tertiary alicyclic amines) is 1. The Kier molecular flexibility index (Phi) is 4.96. The molecule has 0 spiro atoms. The highest BCUT2D eigenvalue weighted by Gasteiger charge is 2.32. The van der Waals surface area contributed by atoms with Gasteiger partial charge in [0.25, 0.3) is 0 Å². The lowest BCUT2D eigenvalue weighted by molar-refractivity contribution is 0.267. The molecule has 0 radical (unpaired) electrons. The molecule has 1 fully saturated rings. The van der Waals surface area contributed by atoms with Crippen LogP contribution < -0.4 is 19.9 Å². The van der Waals surface area contributed by atoms with Crippen molar-refractivity contribution in [3.05, 3.63) is 17.7 Å². The topological polar surface area (TPSA) is 57.0 Å². The van der Waals surface area contributed by atoms with Crippen LogP contribution in [-0.4, -0.2) is 45.9 Å². The van der Waals surface area contributed by atoms with E-state index in [1.807, 2.05) is 12.1 Å². The molecule has 2 N–H and O–H groups in total. The molecule has 1 aliphatic rings. The van der Waals surface area contributed by atoms with E-state index in [9.17, 15) is 0 Å². The molecule has 21 heavy (non-hydrogen) atoms. The van der Waals surface area contributed by atoms with Gasteiger partial charge in [0.15, 0.2) is 11.5 Å². The summed E-state index contributed by atoms with van der Waals surface area (Å²) in [6.07, 6.45) is 1.14. The molecule has 1 aromatic rings. The number of hydrogen-bond donors (Lipinski definition) is 1. The Morgan fingerprint density at radius 1 is 1.14 bits per heavy atom. The molecule has 1 heterocycles. The van der Waals surface area contributed by atoms with Crippen LogP contribution in [0, 0.1) is 5.41 Å². The van der Waals surface area contributed by atoms with Gasteiger partial charge in [-0.1, -0.05) is 13.0 Å². The van der Waals surface area contributed by atoms with E-state index >= 15 is 0 Å². The Labute approximate surface area is 127 Å². The average Bonchev–Trinajstić information content (AvgIpc) is 2.88. The number of hydrogen-bond acceptors (Lipinski definition) is 5. The molecule has 1 aromatic carbocycles. The number of nitrogens with zero attached hydrogens (tertiary/aromatic N) is 1. The van der Waals surface area contributed by atoms with E-state index in [4.69, 9.17) is 19.9 Å². The minimum Gasteiger partial charge on any atom is -0.493 e. The van der Waals surface area contributed by atoms with Crippen molar-refractivity contribution in [2.45, 2.75) is 19.9 Å². The normalized spacial score (nSPS) is 22.3. The van der Waals surface area contributed by atoms with Crippen molar-refractivity contribution in [3.63, 3.8) is 0 Å². The van der Waals surface area contributed by atoms with Gasteiger partial charge < -0.3 is 19.9 Å². The fraction of sp³-hybridized carbons (Fsp3) is 0.625. The van der Waals surface area contributed by atoms with Gasteiger partial charge in [0.1, 0.15) is 0 Å². The maximum absolute atomic E-state index is 5.88. The van der Waals surface area contributed by atoms with Crippen LogP contribution in [0.25, 0.3) is 0 Å². The van der Waals surface area contributed by atoms with E-state index in [1.54, 1.807) is 21.3 Å². The molecular weight excluding hydrogens is 268 g/mol. The van der Waals surface area contributed by atoms with Gasteiger partial charge in [-0.3, -0.25) is 4.90 Å². The van der Waals surface area contributed by atoms with E-state index in [0.29, 0.717) is 11.5 Å². The lowest BCUT2D eigenvalue weighted by atomic mass is 9.90. The van der Waals surface area contributed by atoms with Gasteiger partial charge in [0.2, 0.25) is 5.75 Å². The Morgan fingerprint density at radius 3 is 2.38 bits per heavy atom. The summed E-state index contributed by atoms with van der Waals surface area (Å²) in [6, 6.07) is 3.97. The molecule has 1 saturated heterocycles. The van der Waals surface area contributed by atoms with E-state index in [1.165, 1.54) is 0 Å². The Balaban J connectivity index is 2.21. The van der Waals surface area contributed by atoms with Crippen LogP contribution in [-0.2, 0) is 6.54 Å². The standard InChI is InChI=1S/C16H26N2O3/c1-16(10-17)7-8-18(11-16)9-12-5-6-13(19-2)15(21-4)14(12)20-3/h5-6H,7-11,17H2,1-4H3. The quantitative estimate of drug-likeness (QED) is 0.868. The van der Waals surface area contributed by atoms with Crippen LogP contribution in [0.5, 0.6) is 17.2 Å². The molecule has 1 atom stereocenters. The van der Waals surface area contributed by atoms with Crippen molar-refractivity contribution >= 4 is 0 Å². The average molecular weight is 294 g/mol. The van der Waals surface area contributed by atoms with Gasteiger partial charge in [-0.05, 0) is 31.0 Å². The molecule has 0 aliphatic carbocycles. The van der Waals surface area contributed by atoms with E-state index in [0.717, 1.165) is 43.9 Å². The van der Waals surface area contributed by atoms with Gasteiger partial charge in [-0.25, -0.2) is 0 Å². The zero-order chi connectivity index (χ0) is 15.5. The predicted octanol–water partition coefficient (Wildman–Crippen LogP) is 1.88. The van der Waals surface area contributed by atoms with Crippen LogP contribution in [0.15, 0.2) is 12.1 Å². The first-order valence-corrected chi connectivity index (χ1v) is 7.27. The minimum absolute atomic E-state index is 0.226. The molecule has 118 valence electrons. The van der Waals surface area contributed by atoms with Crippen LogP contribution >= 0.6 is 0 Å². The predicted molar refractivity (Wildman–Crippen MR) is 83.2 cm³/mol. The Morgan fingerprint density at radius 2 is 1.86 bits per heavy atom. The van der Waals surface area contributed by atoms with Gasteiger partial charge in [-0.2, -0.15) is 0 Å².